The lowest BCUT2D eigenvalue weighted by molar-refractivity contribution is -0.124. The fourth-order valence-electron chi connectivity index (χ4n) is 3.39. The van der Waals surface area contributed by atoms with Crippen LogP contribution in [0.2, 0.25) is 5.02 Å². The van der Waals surface area contributed by atoms with E-state index in [1.165, 1.54) is 25.3 Å². The summed E-state index contributed by atoms with van der Waals surface area (Å²) in [4.78, 5) is 25.1. The van der Waals surface area contributed by atoms with E-state index in [4.69, 9.17) is 22.8 Å². The van der Waals surface area contributed by atoms with Gasteiger partial charge in [-0.3, -0.25) is 9.59 Å². The summed E-state index contributed by atoms with van der Waals surface area (Å²) in [7, 11) is 1.36. The molecule has 0 N–H and O–H groups in total. The normalized spacial score (nSPS) is 19.2. The Bertz CT molecular complexity index is 978. The summed E-state index contributed by atoms with van der Waals surface area (Å²) in [5.41, 5.74) is 0.716. The third-order valence-electron chi connectivity index (χ3n) is 4.66. The van der Waals surface area contributed by atoms with Crippen LogP contribution in [0.25, 0.3) is 11.1 Å². The Kier molecular flexibility index (Phi) is 5.29. The minimum absolute atomic E-state index is 0.0571. The van der Waals surface area contributed by atoms with E-state index in [-0.39, 0.29) is 46.3 Å². The molecule has 3 nitrogen and oxygen atoms in total. The molecule has 1 fully saturated rings. The van der Waals surface area contributed by atoms with Crippen molar-refractivity contribution in [2.24, 2.45) is 5.92 Å². The molecular weight excluding hydrogens is 374 g/mol. The van der Waals surface area contributed by atoms with Crippen molar-refractivity contribution in [1.82, 2.24) is 0 Å². The molecule has 1 saturated carbocycles. The Balaban J connectivity index is 2.10. The number of benzene rings is 2. The molecule has 2 atom stereocenters. The zero-order chi connectivity index (χ0) is 19.7. The predicted molar refractivity (Wildman–Crippen MR) is 97.7 cm³/mol. The van der Waals surface area contributed by atoms with Crippen LogP contribution in [0.1, 0.15) is 24.3 Å². The lowest BCUT2D eigenvalue weighted by Gasteiger charge is -2.17. The van der Waals surface area contributed by atoms with Gasteiger partial charge in [0.05, 0.1) is 7.11 Å². The zero-order valence-electron chi connectivity index (χ0n) is 14.4. The molecule has 1 aliphatic carbocycles. The van der Waals surface area contributed by atoms with Crippen LogP contribution in [0, 0.1) is 29.9 Å². The first-order valence-electron chi connectivity index (χ1n) is 8.20. The molecule has 0 heterocycles. The number of ketones is 2. The number of hydrogen-bond acceptors (Lipinski definition) is 3. The highest BCUT2D eigenvalue weighted by molar-refractivity contribution is 6.33. The standard InChI is InChI=1S/C21H15ClF2O3/c1-3-4-11-8-17(25)20(21(11)26)19-15(22)7-12(9-18(19)27-2)14-6-5-13(23)10-16(14)24/h1,5-7,9-11,20H,4,8H2,2H3/t11-,20?/m1/s1. The maximum atomic E-state index is 14.1. The highest BCUT2D eigenvalue weighted by atomic mass is 35.5. The average Bonchev–Trinajstić information content (AvgIpc) is 2.88. The lowest BCUT2D eigenvalue weighted by atomic mass is 9.91. The second-order valence-electron chi connectivity index (χ2n) is 6.31. The lowest BCUT2D eigenvalue weighted by Crippen LogP contribution is -2.16. The molecule has 0 aromatic heterocycles. The highest BCUT2D eigenvalue weighted by Gasteiger charge is 2.43. The highest BCUT2D eigenvalue weighted by Crippen LogP contribution is 2.43. The Hall–Kier alpha value is -2.71. The minimum Gasteiger partial charge on any atom is -0.496 e. The number of terminal acetylenes is 1. The van der Waals surface area contributed by atoms with E-state index in [0.29, 0.717) is 5.56 Å². The van der Waals surface area contributed by atoms with Crippen molar-refractivity contribution in [1.29, 1.82) is 0 Å². The Labute approximate surface area is 160 Å². The monoisotopic (exact) mass is 388 g/mol. The van der Waals surface area contributed by atoms with E-state index < -0.39 is 23.5 Å². The molecule has 0 aliphatic heterocycles. The molecule has 0 spiro atoms. The average molecular weight is 389 g/mol. The molecule has 1 unspecified atom stereocenters. The number of methoxy groups -OCH3 is 1. The SMILES string of the molecule is C#CC[C@@H]1CC(=O)C(c2c(Cl)cc(-c3ccc(F)cc3F)cc2OC)C1=O. The van der Waals surface area contributed by atoms with Gasteiger partial charge in [0.1, 0.15) is 29.1 Å². The molecule has 2 aromatic carbocycles. The van der Waals surface area contributed by atoms with E-state index >= 15 is 0 Å². The van der Waals surface area contributed by atoms with Crippen LogP contribution in [0.15, 0.2) is 30.3 Å². The van der Waals surface area contributed by atoms with E-state index in [1.54, 1.807) is 0 Å². The summed E-state index contributed by atoms with van der Waals surface area (Å²) in [5.74, 6) is -1.03. The van der Waals surface area contributed by atoms with Crippen LogP contribution in [0.3, 0.4) is 0 Å². The third-order valence-corrected chi connectivity index (χ3v) is 4.98. The summed E-state index contributed by atoms with van der Waals surface area (Å²) >= 11 is 6.36. The van der Waals surface area contributed by atoms with Crippen LogP contribution >= 0.6 is 11.6 Å². The first-order valence-corrected chi connectivity index (χ1v) is 8.58. The minimum atomic E-state index is -1.06. The first kappa shape index (κ1) is 19.1. The largest absolute Gasteiger partial charge is 0.496 e. The number of hydrogen-bond donors (Lipinski definition) is 0. The number of carbonyl (C=O) groups is 2. The number of rotatable bonds is 4. The Morgan fingerprint density at radius 3 is 2.63 bits per heavy atom. The fraction of sp³-hybridized carbons (Fsp3) is 0.238. The smallest absolute Gasteiger partial charge is 0.152 e. The van der Waals surface area contributed by atoms with Crippen molar-refractivity contribution in [2.75, 3.05) is 7.11 Å². The van der Waals surface area contributed by atoms with Crippen molar-refractivity contribution >= 4 is 23.2 Å². The third kappa shape index (κ3) is 3.45. The Morgan fingerprint density at radius 1 is 1.26 bits per heavy atom. The van der Waals surface area contributed by atoms with E-state index in [1.807, 2.05) is 0 Å². The quantitative estimate of drug-likeness (QED) is 0.569. The number of Topliss-reactive ketones (excluding diaryl/α,β-unsaturated/α-hetero) is 2. The van der Waals surface area contributed by atoms with Crippen molar-refractivity contribution in [2.45, 2.75) is 18.8 Å². The van der Waals surface area contributed by atoms with Gasteiger partial charge in [-0.25, -0.2) is 8.78 Å². The maximum absolute atomic E-state index is 14.1. The van der Waals surface area contributed by atoms with Crippen molar-refractivity contribution < 1.29 is 23.1 Å². The summed E-state index contributed by atoms with van der Waals surface area (Å²) in [5, 5.41) is 0.0983. The molecule has 0 saturated heterocycles. The van der Waals surface area contributed by atoms with E-state index in [2.05, 4.69) is 5.92 Å². The van der Waals surface area contributed by atoms with Gasteiger partial charge >= 0.3 is 0 Å². The maximum Gasteiger partial charge on any atom is 0.152 e. The molecule has 0 bridgehead atoms. The van der Waals surface area contributed by atoms with Gasteiger partial charge in [-0.05, 0) is 29.8 Å². The second kappa shape index (κ2) is 7.50. The van der Waals surface area contributed by atoms with Crippen LogP contribution in [0.4, 0.5) is 8.78 Å². The summed E-state index contributed by atoms with van der Waals surface area (Å²) in [6.45, 7) is 0. The summed E-state index contributed by atoms with van der Waals surface area (Å²) in [6.07, 6.45) is 5.51. The molecular formula is C21H15ClF2O3. The van der Waals surface area contributed by atoms with Gasteiger partial charge in [-0.1, -0.05) is 11.6 Å². The van der Waals surface area contributed by atoms with Gasteiger partial charge in [0.15, 0.2) is 5.78 Å². The van der Waals surface area contributed by atoms with Gasteiger partial charge < -0.3 is 4.74 Å². The first-order chi connectivity index (χ1) is 12.9. The van der Waals surface area contributed by atoms with E-state index in [9.17, 15) is 18.4 Å². The molecule has 1 aliphatic rings. The fourth-order valence-corrected chi connectivity index (χ4v) is 3.71. The van der Waals surface area contributed by atoms with Gasteiger partial charge in [0, 0.05) is 41.0 Å². The van der Waals surface area contributed by atoms with Gasteiger partial charge in [-0.2, -0.15) is 0 Å². The van der Waals surface area contributed by atoms with Gasteiger partial charge in [-0.15, -0.1) is 12.3 Å². The van der Waals surface area contributed by atoms with Crippen molar-refractivity contribution in [3.63, 3.8) is 0 Å². The molecule has 0 radical (unpaired) electrons. The summed E-state index contributed by atoms with van der Waals surface area (Å²) in [6, 6.07) is 6.08. The number of carbonyl (C=O) groups excluding carboxylic acids is 2. The number of ether oxygens (including phenoxy) is 1. The second-order valence-corrected chi connectivity index (χ2v) is 6.72. The molecule has 3 rings (SSSR count). The topological polar surface area (TPSA) is 43.4 Å². The van der Waals surface area contributed by atoms with Crippen molar-refractivity contribution in [3.8, 4) is 29.2 Å². The van der Waals surface area contributed by atoms with Crippen LogP contribution in [0.5, 0.6) is 5.75 Å². The number of halogens is 3. The Morgan fingerprint density at radius 2 is 2.00 bits per heavy atom. The van der Waals surface area contributed by atoms with Crippen LogP contribution < -0.4 is 4.74 Å². The summed E-state index contributed by atoms with van der Waals surface area (Å²) < 4.78 is 32.6. The molecule has 0 amide bonds. The van der Waals surface area contributed by atoms with Crippen LogP contribution in [-0.4, -0.2) is 18.7 Å². The zero-order valence-corrected chi connectivity index (χ0v) is 15.1. The molecule has 27 heavy (non-hydrogen) atoms. The van der Waals surface area contributed by atoms with Gasteiger partial charge in [0.25, 0.3) is 0 Å². The molecule has 6 heteroatoms. The predicted octanol–water partition coefficient (Wildman–Crippen LogP) is 4.56. The molecule has 2 aromatic rings. The van der Waals surface area contributed by atoms with Crippen molar-refractivity contribution in [3.05, 3.63) is 52.6 Å². The van der Waals surface area contributed by atoms with E-state index in [0.717, 1.165) is 12.1 Å². The van der Waals surface area contributed by atoms with Gasteiger partial charge in [0.2, 0.25) is 0 Å². The van der Waals surface area contributed by atoms with Crippen LogP contribution in [-0.2, 0) is 9.59 Å². The molecule has 138 valence electrons.